The van der Waals surface area contributed by atoms with Crippen molar-refractivity contribution in [3.8, 4) is 0 Å². The fraction of sp³-hybridized carbons (Fsp3) is 0.333. The van der Waals surface area contributed by atoms with Crippen molar-refractivity contribution >= 4 is 40.5 Å². The second-order valence-corrected chi connectivity index (χ2v) is 7.48. The number of nitrogens with zero attached hydrogens (tertiary/aromatic N) is 2. The van der Waals surface area contributed by atoms with E-state index in [4.69, 9.17) is 16.3 Å². The van der Waals surface area contributed by atoms with Gasteiger partial charge in [-0.3, -0.25) is 14.5 Å². The van der Waals surface area contributed by atoms with E-state index in [0.717, 1.165) is 18.8 Å². The maximum absolute atomic E-state index is 13.7. The van der Waals surface area contributed by atoms with E-state index < -0.39 is 11.7 Å². The van der Waals surface area contributed by atoms with Crippen LogP contribution in [0.25, 0.3) is 0 Å². The molecule has 0 radical (unpaired) electrons. The summed E-state index contributed by atoms with van der Waals surface area (Å²) in [6.07, 6.45) is 0. The molecule has 160 valence electrons. The molecule has 0 spiro atoms. The number of rotatable bonds is 7. The number of carbonyl (C=O) groups excluding carboxylic acids is 2. The van der Waals surface area contributed by atoms with E-state index in [9.17, 15) is 14.0 Å². The summed E-state index contributed by atoms with van der Waals surface area (Å²) in [6.45, 7) is 3.05. The Kier molecular flexibility index (Phi) is 7.62. The van der Waals surface area contributed by atoms with Gasteiger partial charge in [0.15, 0.2) is 0 Å². The quantitative estimate of drug-likeness (QED) is 0.701. The van der Waals surface area contributed by atoms with Gasteiger partial charge in [-0.15, -0.1) is 0 Å². The first-order valence-electron chi connectivity index (χ1n) is 9.57. The second kappa shape index (κ2) is 10.4. The minimum Gasteiger partial charge on any atom is -0.378 e. The van der Waals surface area contributed by atoms with Gasteiger partial charge >= 0.3 is 0 Å². The molecule has 0 bridgehead atoms. The largest absolute Gasteiger partial charge is 0.378 e. The number of benzene rings is 2. The van der Waals surface area contributed by atoms with Gasteiger partial charge in [-0.2, -0.15) is 0 Å². The van der Waals surface area contributed by atoms with Crippen LogP contribution in [0, 0.1) is 5.82 Å². The van der Waals surface area contributed by atoms with Crippen LogP contribution in [-0.2, 0) is 14.3 Å². The van der Waals surface area contributed by atoms with Crippen LogP contribution in [0.15, 0.2) is 42.5 Å². The van der Waals surface area contributed by atoms with Crippen molar-refractivity contribution in [3.05, 3.63) is 53.3 Å². The zero-order valence-corrected chi connectivity index (χ0v) is 17.4. The molecule has 1 aliphatic rings. The Morgan fingerprint density at radius 2 is 1.70 bits per heavy atom. The van der Waals surface area contributed by atoms with Gasteiger partial charge in [0.25, 0.3) is 0 Å². The molecule has 2 amide bonds. The molecule has 1 fully saturated rings. The fourth-order valence-corrected chi connectivity index (χ4v) is 3.28. The number of likely N-dealkylation sites (N-methyl/N-ethyl adjacent to an activating group) is 1. The molecule has 0 atom stereocenters. The number of hydrogen-bond acceptors (Lipinski definition) is 5. The Bertz CT molecular complexity index is 888. The van der Waals surface area contributed by atoms with Crippen molar-refractivity contribution in [1.82, 2.24) is 4.90 Å². The molecule has 1 heterocycles. The van der Waals surface area contributed by atoms with Gasteiger partial charge in [-0.05, 0) is 49.5 Å². The van der Waals surface area contributed by atoms with Crippen LogP contribution < -0.4 is 15.5 Å². The van der Waals surface area contributed by atoms with Crippen LogP contribution in [0.3, 0.4) is 0 Å². The van der Waals surface area contributed by atoms with E-state index in [1.165, 1.54) is 23.1 Å². The van der Waals surface area contributed by atoms with Crippen molar-refractivity contribution < 1.29 is 18.7 Å². The highest BCUT2D eigenvalue weighted by molar-refractivity contribution is 6.30. The summed E-state index contributed by atoms with van der Waals surface area (Å²) in [5, 5.41) is 5.59. The first kappa shape index (κ1) is 22.0. The SMILES string of the molecule is CN(CC(=O)Nc1ccc(N2CCOCC2)cc1)CC(=O)Nc1cc(Cl)ccc1F. The van der Waals surface area contributed by atoms with Crippen LogP contribution in [0.4, 0.5) is 21.5 Å². The van der Waals surface area contributed by atoms with Gasteiger partial charge in [0.1, 0.15) is 5.82 Å². The van der Waals surface area contributed by atoms with Gasteiger partial charge in [-0.25, -0.2) is 4.39 Å². The van der Waals surface area contributed by atoms with Gasteiger partial charge in [0, 0.05) is 29.5 Å². The Morgan fingerprint density at radius 1 is 1.07 bits per heavy atom. The van der Waals surface area contributed by atoms with Crippen molar-refractivity contribution in [2.75, 3.05) is 62.0 Å². The number of nitrogens with one attached hydrogen (secondary N) is 2. The van der Waals surface area contributed by atoms with E-state index in [2.05, 4.69) is 15.5 Å². The van der Waals surface area contributed by atoms with Gasteiger partial charge in [-0.1, -0.05) is 11.6 Å². The molecular formula is C21H24ClFN4O3. The molecule has 30 heavy (non-hydrogen) atoms. The summed E-state index contributed by atoms with van der Waals surface area (Å²) >= 11 is 5.82. The van der Waals surface area contributed by atoms with Gasteiger partial charge in [0.2, 0.25) is 11.8 Å². The number of ether oxygens (including phenoxy) is 1. The maximum atomic E-state index is 13.7. The average molecular weight is 435 g/mol. The first-order chi connectivity index (χ1) is 14.4. The average Bonchev–Trinajstić information content (AvgIpc) is 2.71. The number of amides is 2. The monoisotopic (exact) mass is 434 g/mol. The Morgan fingerprint density at radius 3 is 2.37 bits per heavy atom. The molecule has 2 N–H and O–H groups in total. The second-order valence-electron chi connectivity index (χ2n) is 7.04. The molecule has 0 unspecified atom stereocenters. The topological polar surface area (TPSA) is 73.9 Å². The Labute approximate surface area is 179 Å². The van der Waals surface area contributed by atoms with Crippen molar-refractivity contribution in [1.29, 1.82) is 0 Å². The summed E-state index contributed by atoms with van der Waals surface area (Å²) in [6, 6.07) is 11.5. The van der Waals surface area contributed by atoms with Crippen LogP contribution in [-0.4, -0.2) is 63.2 Å². The predicted molar refractivity (Wildman–Crippen MR) is 116 cm³/mol. The normalized spacial score (nSPS) is 13.9. The summed E-state index contributed by atoms with van der Waals surface area (Å²) in [4.78, 5) is 28.1. The number of hydrogen-bond donors (Lipinski definition) is 2. The third-order valence-corrected chi connectivity index (χ3v) is 4.79. The highest BCUT2D eigenvalue weighted by atomic mass is 35.5. The number of morpholine rings is 1. The van der Waals surface area contributed by atoms with E-state index in [1.54, 1.807) is 7.05 Å². The van der Waals surface area contributed by atoms with Crippen LogP contribution in [0.1, 0.15) is 0 Å². The molecule has 0 aliphatic carbocycles. The van der Waals surface area contributed by atoms with Crippen LogP contribution in [0.5, 0.6) is 0 Å². The highest BCUT2D eigenvalue weighted by Crippen LogP contribution is 2.20. The van der Waals surface area contributed by atoms with E-state index in [1.807, 2.05) is 24.3 Å². The number of anilines is 3. The van der Waals surface area contributed by atoms with Crippen LogP contribution in [0.2, 0.25) is 5.02 Å². The first-order valence-corrected chi connectivity index (χ1v) is 9.94. The molecule has 0 aromatic heterocycles. The van der Waals surface area contributed by atoms with Crippen molar-refractivity contribution in [2.24, 2.45) is 0 Å². The molecule has 7 nitrogen and oxygen atoms in total. The highest BCUT2D eigenvalue weighted by Gasteiger charge is 2.14. The Hall–Kier alpha value is -2.68. The molecule has 3 rings (SSSR count). The molecule has 2 aromatic carbocycles. The smallest absolute Gasteiger partial charge is 0.238 e. The molecule has 2 aromatic rings. The van der Waals surface area contributed by atoms with Crippen molar-refractivity contribution in [2.45, 2.75) is 0 Å². The van der Waals surface area contributed by atoms with E-state index in [-0.39, 0.29) is 24.7 Å². The standard InChI is InChI=1S/C21H24ClFN4O3/c1-26(14-21(29)25-19-12-15(22)2-7-18(19)23)13-20(28)24-16-3-5-17(6-4-16)27-8-10-30-11-9-27/h2-7,12H,8-11,13-14H2,1H3,(H,24,28)(H,25,29). The molecule has 1 aliphatic heterocycles. The molecule has 0 saturated carbocycles. The van der Waals surface area contributed by atoms with Crippen LogP contribution >= 0.6 is 11.6 Å². The summed E-state index contributed by atoms with van der Waals surface area (Å²) < 4.78 is 19.1. The minimum absolute atomic E-state index is 0.00529. The van der Waals surface area contributed by atoms with Crippen molar-refractivity contribution in [3.63, 3.8) is 0 Å². The lowest BCUT2D eigenvalue weighted by atomic mass is 10.2. The van der Waals surface area contributed by atoms with Gasteiger partial charge in [0.05, 0.1) is 32.0 Å². The predicted octanol–water partition coefficient (Wildman–Crippen LogP) is 2.82. The Balaban J connectivity index is 1.45. The third kappa shape index (κ3) is 6.41. The zero-order chi connectivity index (χ0) is 21.5. The number of halogens is 2. The molecular weight excluding hydrogens is 411 g/mol. The minimum atomic E-state index is -0.575. The lowest BCUT2D eigenvalue weighted by Crippen LogP contribution is -2.36. The van der Waals surface area contributed by atoms with E-state index in [0.29, 0.717) is 23.9 Å². The summed E-state index contributed by atoms with van der Waals surface area (Å²) in [5.74, 6) is -1.27. The molecule has 9 heteroatoms. The zero-order valence-electron chi connectivity index (χ0n) is 16.7. The third-order valence-electron chi connectivity index (χ3n) is 4.56. The van der Waals surface area contributed by atoms with E-state index >= 15 is 0 Å². The fourth-order valence-electron chi connectivity index (χ4n) is 3.11. The molecule has 1 saturated heterocycles. The lowest BCUT2D eigenvalue weighted by Gasteiger charge is -2.28. The summed E-state index contributed by atoms with van der Waals surface area (Å²) in [7, 11) is 1.63. The maximum Gasteiger partial charge on any atom is 0.238 e. The summed E-state index contributed by atoms with van der Waals surface area (Å²) in [5.41, 5.74) is 1.76. The lowest BCUT2D eigenvalue weighted by molar-refractivity contribution is -0.119. The number of carbonyl (C=O) groups is 2. The van der Waals surface area contributed by atoms with Gasteiger partial charge < -0.3 is 20.3 Å².